The Bertz CT molecular complexity index is 665. The van der Waals surface area contributed by atoms with Crippen LogP contribution < -0.4 is 4.72 Å². The van der Waals surface area contributed by atoms with Crippen molar-refractivity contribution in [2.45, 2.75) is 30.8 Å². The molecule has 6 nitrogen and oxygen atoms in total. The van der Waals surface area contributed by atoms with E-state index in [1.54, 1.807) is 11.6 Å². The van der Waals surface area contributed by atoms with Gasteiger partial charge >= 0.3 is 0 Å². The predicted molar refractivity (Wildman–Crippen MR) is 74.2 cm³/mol. The highest BCUT2D eigenvalue weighted by atomic mass is 35.5. The summed E-state index contributed by atoms with van der Waals surface area (Å²) in [5.41, 5.74) is 0. The maximum absolute atomic E-state index is 12.3. The van der Waals surface area contributed by atoms with Gasteiger partial charge in [-0.1, -0.05) is 18.5 Å². The first kappa shape index (κ1) is 14.7. The zero-order valence-electron chi connectivity index (χ0n) is 10.2. The normalized spacial score (nSPS) is 14.1. The highest BCUT2D eigenvalue weighted by molar-refractivity contribution is 7.89. The van der Waals surface area contributed by atoms with E-state index in [4.69, 9.17) is 16.7 Å². The Hall–Kier alpha value is -0.670. The molecule has 0 aliphatic heterocycles. The zero-order valence-corrected chi connectivity index (χ0v) is 12.6. The van der Waals surface area contributed by atoms with E-state index in [2.05, 4.69) is 9.71 Å². The van der Waals surface area contributed by atoms with Crippen molar-refractivity contribution < 1.29 is 13.5 Å². The van der Waals surface area contributed by atoms with Crippen LogP contribution in [0.25, 0.3) is 4.96 Å². The molecule has 2 aromatic heterocycles. The largest absolute Gasteiger partial charge is 0.396 e. The quantitative estimate of drug-likeness (QED) is 0.843. The van der Waals surface area contributed by atoms with Gasteiger partial charge in [0.15, 0.2) is 15.1 Å². The molecule has 0 amide bonds. The summed E-state index contributed by atoms with van der Waals surface area (Å²) in [6.07, 6.45) is 2.56. The third-order valence-corrected chi connectivity index (χ3v) is 5.40. The van der Waals surface area contributed by atoms with E-state index < -0.39 is 10.0 Å². The average molecular weight is 324 g/mol. The Kier molecular flexibility index (Phi) is 4.46. The second-order valence-electron chi connectivity index (χ2n) is 4.00. The SMILES string of the molecule is CCC(CCO)NS(=O)(=O)c1c(Cl)nc2sccn12. The number of halogens is 1. The Balaban J connectivity index is 2.38. The number of nitrogens with zero attached hydrogens (tertiary/aromatic N) is 2. The van der Waals surface area contributed by atoms with Crippen LogP contribution in [0.4, 0.5) is 0 Å². The molecule has 0 radical (unpaired) electrons. The molecule has 0 aliphatic carbocycles. The molecule has 2 heterocycles. The van der Waals surface area contributed by atoms with Gasteiger partial charge in [0, 0.05) is 24.2 Å². The van der Waals surface area contributed by atoms with Crippen LogP contribution in [0.15, 0.2) is 16.6 Å². The third-order valence-electron chi connectivity index (χ3n) is 2.73. The van der Waals surface area contributed by atoms with Gasteiger partial charge in [-0.05, 0) is 12.8 Å². The van der Waals surface area contributed by atoms with Crippen molar-refractivity contribution in [2.24, 2.45) is 0 Å². The molecular weight excluding hydrogens is 310 g/mol. The Morgan fingerprint density at radius 1 is 1.63 bits per heavy atom. The smallest absolute Gasteiger partial charge is 0.260 e. The molecule has 0 bridgehead atoms. The lowest BCUT2D eigenvalue weighted by atomic mass is 10.2. The summed E-state index contributed by atoms with van der Waals surface area (Å²) < 4.78 is 28.7. The average Bonchev–Trinajstić information content (AvgIpc) is 2.87. The fourth-order valence-corrected chi connectivity index (χ4v) is 4.56. The van der Waals surface area contributed by atoms with Gasteiger partial charge in [0.1, 0.15) is 0 Å². The molecule has 2 rings (SSSR count). The highest BCUT2D eigenvalue weighted by Crippen LogP contribution is 2.25. The number of sulfonamides is 1. The molecule has 0 saturated carbocycles. The molecule has 106 valence electrons. The van der Waals surface area contributed by atoms with E-state index in [0.717, 1.165) is 0 Å². The molecule has 2 aromatic rings. The second-order valence-corrected chi connectivity index (χ2v) is 6.86. The number of aliphatic hydroxyl groups is 1. The first-order valence-corrected chi connectivity index (χ1v) is 8.48. The minimum atomic E-state index is -3.76. The number of aliphatic hydroxyl groups excluding tert-OH is 1. The standard InChI is InChI=1S/C10H14ClN3O3S2/c1-2-7(3-5-15)13-19(16,17)9-8(11)12-10-14(9)4-6-18-10/h4,6-7,13,15H,2-3,5H2,1H3. The third kappa shape index (κ3) is 2.92. The second kappa shape index (κ2) is 5.76. The van der Waals surface area contributed by atoms with E-state index in [9.17, 15) is 8.42 Å². The molecule has 0 saturated heterocycles. The molecule has 19 heavy (non-hydrogen) atoms. The predicted octanol–water partition coefficient (Wildman–Crippen LogP) is 1.49. The van der Waals surface area contributed by atoms with Crippen molar-refractivity contribution >= 4 is 37.9 Å². The molecular formula is C10H14ClN3O3S2. The van der Waals surface area contributed by atoms with Crippen LogP contribution in [0.2, 0.25) is 5.15 Å². The van der Waals surface area contributed by atoms with Crippen LogP contribution in [0.3, 0.4) is 0 Å². The minimum absolute atomic E-state index is 0.0433. The Morgan fingerprint density at radius 2 is 2.37 bits per heavy atom. The van der Waals surface area contributed by atoms with E-state index in [1.165, 1.54) is 15.7 Å². The van der Waals surface area contributed by atoms with Gasteiger partial charge in [0.25, 0.3) is 10.0 Å². The van der Waals surface area contributed by atoms with Crippen LogP contribution in [0, 0.1) is 0 Å². The highest BCUT2D eigenvalue weighted by Gasteiger charge is 2.27. The van der Waals surface area contributed by atoms with E-state index >= 15 is 0 Å². The lowest BCUT2D eigenvalue weighted by molar-refractivity contribution is 0.270. The number of fused-ring (bicyclic) bond motifs is 1. The van der Waals surface area contributed by atoms with Crippen molar-refractivity contribution in [2.75, 3.05) is 6.61 Å². The molecule has 0 spiro atoms. The molecule has 0 aliphatic rings. The molecule has 1 atom stereocenters. The fraction of sp³-hybridized carbons (Fsp3) is 0.500. The number of rotatable bonds is 6. The lowest BCUT2D eigenvalue weighted by Gasteiger charge is -2.15. The number of imidazole rings is 1. The van der Waals surface area contributed by atoms with Crippen molar-refractivity contribution in [3.63, 3.8) is 0 Å². The van der Waals surface area contributed by atoms with Gasteiger partial charge in [-0.2, -0.15) is 0 Å². The summed E-state index contributed by atoms with van der Waals surface area (Å²) >= 11 is 7.21. The summed E-state index contributed by atoms with van der Waals surface area (Å²) in [6, 6.07) is -0.324. The number of aromatic nitrogens is 2. The summed E-state index contributed by atoms with van der Waals surface area (Å²) in [4.78, 5) is 4.53. The summed E-state index contributed by atoms with van der Waals surface area (Å²) in [6.45, 7) is 1.77. The first-order valence-electron chi connectivity index (χ1n) is 5.73. The molecule has 0 fully saturated rings. The molecule has 2 N–H and O–H groups in total. The van der Waals surface area contributed by atoms with E-state index in [1.807, 2.05) is 6.92 Å². The number of nitrogens with one attached hydrogen (secondary N) is 1. The van der Waals surface area contributed by atoms with Crippen molar-refractivity contribution in [1.29, 1.82) is 0 Å². The van der Waals surface area contributed by atoms with Gasteiger partial charge < -0.3 is 5.11 Å². The maximum Gasteiger partial charge on any atom is 0.260 e. The van der Waals surface area contributed by atoms with Gasteiger partial charge in [-0.3, -0.25) is 4.40 Å². The Morgan fingerprint density at radius 3 is 3.00 bits per heavy atom. The van der Waals surface area contributed by atoms with Crippen LogP contribution >= 0.6 is 22.9 Å². The summed E-state index contributed by atoms with van der Waals surface area (Å²) in [5.74, 6) is 0. The molecule has 9 heteroatoms. The van der Waals surface area contributed by atoms with E-state index in [-0.39, 0.29) is 22.8 Å². The lowest BCUT2D eigenvalue weighted by Crippen LogP contribution is -2.35. The fourth-order valence-electron chi connectivity index (χ4n) is 1.76. The number of hydrogen-bond donors (Lipinski definition) is 2. The van der Waals surface area contributed by atoms with Gasteiger partial charge in [0.2, 0.25) is 0 Å². The van der Waals surface area contributed by atoms with Crippen LogP contribution in [0.1, 0.15) is 19.8 Å². The molecule has 0 aromatic carbocycles. The number of hydrogen-bond acceptors (Lipinski definition) is 5. The van der Waals surface area contributed by atoms with Crippen LogP contribution in [-0.2, 0) is 10.0 Å². The zero-order chi connectivity index (χ0) is 14.0. The monoisotopic (exact) mass is 323 g/mol. The summed E-state index contributed by atoms with van der Waals surface area (Å²) in [5, 5.41) is 10.6. The van der Waals surface area contributed by atoms with Gasteiger partial charge in [-0.15, -0.1) is 11.3 Å². The van der Waals surface area contributed by atoms with Gasteiger partial charge in [-0.25, -0.2) is 18.1 Å². The van der Waals surface area contributed by atoms with Crippen LogP contribution in [0.5, 0.6) is 0 Å². The van der Waals surface area contributed by atoms with Gasteiger partial charge in [0.05, 0.1) is 0 Å². The van der Waals surface area contributed by atoms with Crippen molar-refractivity contribution in [3.05, 3.63) is 16.7 Å². The van der Waals surface area contributed by atoms with E-state index in [0.29, 0.717) is 17.8 Å². The number of thiazole rings is 1. The Labute approximate surface area is 120 Å². The molecule has 1 unspecified atom stereocenters. The minimum Gasteiger partial charge on any atom is -0.396 e. The topological polar surface area (TPSA) is 83.7 Å². The van der Waals surface area contributed by atoms with Crippen LogP contribution in [-0.4, -0.2) is 35.6 Å². The summed E-state index contributed by atoms with van der Waals surface area (Å²) in [7, 11) is -3.76. The maximum atomic E-state index is 12.3. The van der Waals surface area contributed by atoms with Crippen molar-refractivity contribution in [3.8, 4) is 0 Å². The van der Waals surface area contributed by atoms with Crippen molar-refractivity contribution in [1.82, 2.24) is 14.1 Å². The first-order chi connectivity index (χ1) is 8.99.